The van der Waals surface area contributed by atoms with Crippen LogP contribution in [-0.4, -0.2) is 43.1 Å². The Kier molecular flexibility index (Phi) is 2.84. The van der Waals surface area contributed by atoms with Crippen LogP contribution >= 0.6 is 0 Å². The second kappa shape index (κ2) is 4.64. The molecule has 3 rings (SSSR count). The molecule has 0 unspecified atom stereocenters. The topological polar surface area (TPSA) is 66.8 Å². The molecule has 0 bridgehead atoms. The zero-order chi connectivity index (χ0) is 12.4. The molecule has 0 saturated carbocycles. The van der Waals surface area contributed by atoms with Gasteiger partial charge in [-0.1, -0.05) is 0 Å². The molecule has 1 atom stereocenters. The molecule has 0 aromatic carbocycles. The number of likely N-dealkylation sites (tertiary alicyclic amines) is 1. The number of imidazole rings is 1. The van der Waals surface area contributed by atoms with E-state index in [-0.39, 0.29) is 11.9 Å². The van der Waals surface area contributed by atoms with Crippen LogP contribution in [0.1, 0.15) is 23.3 Å². The summed E-state index contributed by atoms with van der Waals surface area (Å²) in [6.45, 7) is 1.57. The zero-order valence-electron chi connectivity index (χ0n) is 9.99. The zero-order valence-corrected chi connectivity index (χ0v) is 9.99. The number of rotatable bonds is 3. The van der Waals surface area contributed by atoms with Crippen LogP contribution in [0.25, 0.3) is 0 Å². The van der Waals surface area contributed by atoms with Crippen molar-refractivity contribution < 1.29 is 4.79 Å². The van der Waals surface area contributed by atoms with E-state index >= 15 is 0 Å². The number of nitrogens with zero attached hydrogens (tertiary/aromatic N) is 4. The van der Waals surface area contributed by atoms with Gasteiger partial charge in [-0.2, -0.15) is 5.10 Å². The summed E-state index contributed by atoms with van der Waals surface area (Å²) < 4.78 is 1.88. The Bertz CT molecular complexity index is 505. The summed E-state index contributed by atoms with van der Waals surface area (Å²) >= 11 is 0. The van der Waals surface area contributed by atoms with Crippen LogP contribution in [0.5, 0.6) is 0 Å². The molecule has 2 aromatic heterocycles. The lowest BCUT2D eigenvalue weighted by molar-refractivity contribution is 0.0716. The quantitative estimate of drug-likeness (QED) is 0.874. The summed E-state index contributed by atoms with van der Waals surface area (Å²) in [5, 5.41) is 4.19. The smallest absolute Gasteiger partial charge is 0.272 e. The van der Waals surface area contributed by atoms with Gasteiger partial charge >= 0.3 is 0 Å². The number of aromatic amines is 1. The molecule has 1 N–H and O–H groups in total. The summed E-state index contributed by atoms with van der Waals surface area (Å²) in [5.41, 5.74) is 0.558. The SMILES string of the molecule is O=C(c1cnc[nH]1)N1CCC[C@@H]1Cn1cccn1. The number of carbonyl (C=O) groups excluding carboxylic acids is 1. The van der Waals surface area contributed by atoms with Gasteiger partial charge in [-0.15, -0.1) is 0 Å². The average Bonchev–Trinajstić information content (AvgIpc) is 3.12. The molecule has 1 amide bonds. The van der Waals surface area contributed by atoms with Crippen molar-refractivity contribution in [1.82, 2.24) is 24.6 Å². The van der Waals surface area contributed by atoms with E-state index in [1.54, 1.807) is 12.4 Å². The van der Waals surface area contributed by atoms with Crippen molar-refractivity contribution in [3.8, 4) is 0 Å². The molecule has 1 aliphatic heterocycles. The molecule has 1 saturated heterocycles. The standard InChI is InChI=1S/C12H15N5O/c18-12(11-7-13-9-14-11)17-6-1-3-10(17)8-16-5-2-4-15-16/h2,4-5,7,9-10H,1,3,6,8H2,(H,13,14)/t10-/m1/s1. The minimum atomic E-state index is 0.0298. The third-order valence-corrected chi connectivity index (χ3v) is 3.32. The van der Waals surface area contributed by atoms with Gasteiger partial charge in [-0.05, 0) is 18.9 Å². The number of aromatic nitrogens is 4. The first-order valence-electron chi connectivity index (χ1n) is 6.11. The minimum absolute atomic E-state index is 0.0298. The molecule has 6 heteroatoms. The lowest BCUT2D eigenvalue weighted by Crippen LogP contribution is -2.38. The second-order valence-corrected chi connectivity index (χ2v) is 4.49. The molecule has 0 spiro atoms. The van der Waals surface area contributed by atoms with Gasteiger partial charge in [-0.3, -0.25) is 9.48 Å². The van der Waals surface area contributed by atoms with Gasteiger partial charge in [0.1, 0.15) is 5.69 Å². The number of hydrogen-bond donors (Lipinski definition) is 1. The Morgan fingerprint density at radius 1 is 1.56 bits per heavy atom. The molecule has 1 aliphatic rings. The van der Waals surface area contributed by atoms with Crippen molar-refractivity contribution in [2.45, 2.75) is 25.4 Å². The van der Waals surface area contributed by atoms with Crippen molar-refractivity contribution in [3.63, 3.8) is 0 Å². The third kappa shape index (κ3) is 2.01. The molecule has 18 heavy (non-hydrogen) atoms. The van der Waals surface area contributed by atoms with Gasteiger partial charge in [0.2, 0.25) is 0 Å². The van der Waals surface area contributed by atoms with E-state index in [1.165, 1.54) is 6.33 Å². The summed E-state index contributed by atoms with van der Waals surface area (Å²) in [6.07, 6.45) is 8.87. The lowest BCUT2D eigenvalue weighted by Gasteiger charge is -2.24. The molecule has 0 aliphatic carbocycles. The van der Waals surface area contributed by atoms with E-state index in [9.17, 15) is 4.79 Å². The van der Waals surface area contributed by atoms with Crippen LogP contribution in [0.2, 0.25) is 0 Å². The van der Waals surface area contributed by atoms with Crippen molar-refractivity contribution >= 4 is 5.91 Å². The van der Waals surface area contributed by atoms with Gasteiger partial charge < -0.3 is 9.88 Å². The molecular formula is C12H15N5O. The monoisotopic (exact) mass is 245 g/mol. The lowest BCUT2D eigenvalue weighted by atomic mass is 10.2. The summed E-state index contributed by atoms with van der Waals surface area (Å²) in [7, 11) is 0. The Labute approximate surface area is 105 Å². The average molecular weight is 245 g/mol. The van der Waals surface area contributed by atoms with Crippen LogP contribution in [0.4, 0.5) is 0 Å². The van der Waals surface area contributed by atoms with Gasteiger partial charge in [0.25, 0.3) is 5.91 Å². The van der Waals surface area contributed by atoms with Crippen LogP contribution in [0, 0.1) is 0 Å². The fourth-order valence-corrected chi connectivity index (χ4v) is 2.44. The van der Waals surface area contributed by atoms with Crippen LogP contribution in [0.15, 0.2) is 31.0 Å². The van der Waals surface area contributed by atoms with E-state index in [0.29, 0.717) is 5.69 Å². The number of amides is 1. The van der Waals surface area contributed by atoms with E-state index in [2.05, 4.69) is 15.1 Å². The molecule has 3 heterocycles. The van der Waals surface area contributed by atoms with E-state index in [1.807, 2.05) is 21.8 Å². The largest absolute Gasteiger partial charge is 0.341 e. The molecule has 94 valence electrons. The predicted octanol–water partition coefficient (Wildman–Crippen LogP) is 0.911. The highest BCUT2D eigenvalue weighted by molar-refractivity contribution is 5.92. The maximum Gasteiger partial charge on any atom is 0.272 e. The first kappa shape index (κ1) is 11.0. The Morgan fingerprint density at radius 3 is 3.22 bits per heavy atom. The van der Waals surface area contributed by atoms with E-state index in [4.69, 9.17) is 0 Å². The normalized spacial score (nSPS) is 19.3. The maximum absolute atomic E-state index is 12.3. The first-order valence-corrected chi connectivity index (χ1v) is 6.11. The van der Waals surface area contributed by atoms with Crippen LogP contribution < -0.4 is 0 Å². The molecule has 6 nitrogen and oxygen atoms in total. The Morgan fingerprint density at radius 2 is 2.50 bits per heavy atom. The van der Waals surface area contributed by atoms with Crippen LogP contribution in [-0.2, 0) is 6.54 Å². The van der Waals surface area contributed by atoms with Gasteiger partial charge in [0.15, 0.2) is 0 Å². The number of H-pyrrole nitrogens is 1. The third-order valence-electron chi connectivity index (χ3n) is 3.32. The highest BCUT2D eigenvalue weighted by Gasteiger charge is 2.30. The highest BCUT2D eigenvalue weighted by atomic mass is 16.2. The van der Waals surface area contributed by atoms with Gasteiger partial charge in [0, 0.05) is 18.9 Å². The Balaban J connectivity index is 1.73. The number of carbonyl (C=O) groups is 1. The van der Waals surface area contributed by atoms with Gasteiger partial charge in [0.05, 0.1) is 25.1 Å². The highest BCUT2D eigenvalue weighted by Crippen LogP contribution is 2.20. The van der Waals surface area contributed by atoms with Crippen molar-refractivity contribution in [2.75, 3.05) is 6.54 Å². The Hall–Kier alpha value is -2.11. The van der Waals surface area contributed by atoms with E-state index in [0.717, 1.165) is 25.9 Å². The number of hydrogen-bond acceptors (Lipinski definition) is 3. The first-order chi connectivity index (χ1) is 8.84. The summed E-state index contributed by atoms with van der Waals surface area (Å²) in [4.78, 5) is 20.9. The van der Waals surface area contributed by atoms with Gasteiger partial charge in [-0.25, -0.2) is 4.98 Å². The predicted molar refractivity (Wildman–Crippen MR) is 64.9 cm³/mol. The molecular weight excluding hydrogens is 230 g/mol. The molecule has 0 radical (unpaired) electrons. The van der Waals surface area contributed by atoms with Crippen molar-refractivity contribution in [2.24, 2.45) is 0 Å². The van der Waals surface area contributed by atoms with E-state index < -0.39 is 0 Å². The molecule has 1 fully saturated rings. The fourth-order valence-electron chi connectivity index (χ4n) is 2.44. The number of nitrogens with one attached hydrogen (secondary N) is 1. The summed E-state index contributed by atoms with van der Waals surface area (Å²) in [5.74, 6) is 0.0298. The van der Waals surface area contributed by atoms with Crippen LogP contribution in [0.3, 0.4) is 0 Å². The summed E-state index contributed by atoms with van der Waals surface area (Å²) in [6, 6.07) is 2.12. The molecule has 2 aromatic rings. The second-order valence-electron chi connectivity index (χ2n) is 4.49. The fraction of sp³-hybridized carbons (Fsp3) is 0.417. The minimum Gasteiger partial charge on any atom is -0.341 e. The van der Waals surface area contributed by atoms with Crippen molar-refractivity contribution in [1.29, 1.82) is 0 Å². The van der Waals surface area contributed by atoms with Crippen molar-refractivity contribution in [3.05, 3.63) is 36.7 Å². The maximum atomic E-state index is 12.3.